The molecule has 1 amide bonds. The molecule has 0 fully saturated rings. The number of hydrogen-bond donors (Lipinski definition) is 1. The number of pyridine rings is 1. The number of nitrogens with zero attached hydrogens (tertiary/aromatic N) is 4. The van der Waals surface area contributed by atoms with Crippen LogP contribution in [0.4, 0.5) is 5.82 Å². The fraction of sp³-hybridized carbons (Fsp3) is 0.357. The summed E-state index contributed by atoms with van der Waals surface area (Å²) in [7, 11) is 5.47. The van der Waals surface area contributed by atoms with E-state index in [0.29, 0.717) is 17.9 Å². The third-order valence-electron chi connectivity index (χ3n) is 3.10. The minimum Gasteiger partial charge on any atom is -0.373 e. The number of hydrogen-bond acceptors (Lipinski definition) is 4. The number of carbonyl (C=O) groups excluding carboxylic acids is 1. The zero-order valence-electron chi connectivity index (χ0n) is 12.2. The Balaban J connectivity index is 2.18. The van der Waals surface area contributed by atoms with Crippen LogP contribution in [-0.2, 0) is 13.6 Å². The van der Waals surface area contributed by atoms with Crippen molar-refractivity contribution < 1.29 is 4.79 Å². The van der Waals surface area contributed by atoms with Crippen molar-refractivity contribution in [3.63, 3.8) is 0 Å². The van der Waals surface area contributed by atoms with Crippen LogP contribution in [0.5, 0.6) is 0 Å². The summed E-state index contributed by atoms with van der Waals surface area (Å²) in [6.45, 7) is 2.34. The maximum Gasteiger partial charge on any atom is 0.254 e. The molecule has 0 saturated heterocycles. The highest BCUT2D eigenvalue weighted by Crippen LogP contribution is 2.12. The van der Waals surface area contributed by atoms with Crippen LogP contribution >= 0.6 is 0 Å². The van der Waals surface area contributed by atoms with E-state index in [4.69, 9.17) is 0 Å². The summed E-state index contributed by atoms with van der Waals surface area (Å²) in [6, 6.07) is 3.54. The van der Waals surface area contributed by atoms with Crippen molar-refractivity contribution in [2.24, 2.45) is 7.05 Å². The first-order chi connectivity index (χ1) is 9.51. The molecule has 0 aromatic carbocycles. The smallest absolute Gasteiger partial charge is 0.254 e. The standard InChI is InChI=1S/C14H19N5O/c1-10-7-11(8-12(15-2)17-10)14(20)19(4)9-13-16-5-6-18(13)3/h5-8H,9H2,1-4H3,(H,15,17). The van der Waals surface area contributed by atoms with Gasteiger partial charge in [0.25, 0.3) is 5.91 Å². The van der Waals surface area contributed by atoms with Crippen LogP contribution in [0.2, 0.25) is 0 Å². The molecule has 6 nitrogen and oxygen atoms in total. The van der Waals surface area contributed by atoms with E-state index in [0.717, 1.165) is 11.5 Å². The molecule has 0 aliphatic rings. The Morgan fingerprint density at radius 1 is 1.45 bits per heavy atom. The largest absolute Gasteiger partial charge is 0.373 e. The van der Waals surface area contributed by atoms with Crippen molar-refractivity contribution >= 4 is 11.7 Å². The second-order valence-corrected chi connectivity index (χ2v) is 4.75. The summed E-state index contributed by atoms with van der Waals surface area (Å²) in [5, 5.41) is 2.96. The molecule has 106 valence electrons. The fourth-order valence-electron chi connectivity index (χ4n) is 1.97. The monoisotopic (exact) mass is 273 g/mol. The van der Waals surface area contributed by atoms with Crippen LogP contribution in [-0.4, -0.2) is 39.4 Å². The number of aromatic nitrogens is 3. The Morgan fingerprint density at radius 2 is 2.20 bits per heavy atom. The van der Waals surface area contributed by atoms with Gasteiger partial charge in [-0.25, -0.2) is 9.97 Å². The number of anilines is 1. The second kappa shape index (κ2) is 5.73. The number of carbonyl (C=O) groups is 1. The van der Waals surface area contributed by atoms with Gasteiger partial charge in [-0.05, 0) is 19.1 Å². The Morgan fingerprint density at radius 3 is 2.80 bits per heavy atom. The summed E-state index contributed by atoms with van der Waals surface area (Å²) in [5.74, 6) is 1.49. The zero-order valence-corrected chi connectivity index (χ0v) is 12.2. The number of amides is 1. The van der Waals surface area contributed by atoms with E-state index in [1.165, 1.54) is 0 Å². The highest BCUT2D eigenvalue weighted by Gasteiger charge is 2.15. The number of aryl methyl sites for hydroxylation is 2. The van der Waals surface area contributed by atoms with Crippen molar-refractivity contribution in [1.29, 1.82) is 0 Å². The van der Waals surface area contributed by atoms with Crippen LogP contribution < -0.4 is 5.32 Å². The van der Waals surface area contributed by atoms with E-state index < -0.39 is 0 Å². The summed E-state index contributed by atoms with van der Waals surface area (Å²) in [6.07, 6.45) is 3.59. The second-order valence-electron chi connectivity index (χ2n) is 4.75. The molecule has 0 aliphatic carbocycles. The van der Waals surface area contributed by atoms with E-state index in [-0.39, 0.29) is 5.91 Å². The van der Waals surface area contributed by atoms with Gasteiger partial charge < -0.3 is 14.8 Å². The lowest BCUT2D eigenvalue weighted by atomic mass is 10.2. The van der Waals surface area contributed by atoms with E-state index >= 15 is 0 Å². The third-order valence-corrected chi connectivity index (χ3v) is 3.10. The minimum atomic E-state index is -0.0463. The van der Waals surface area contributed by atoms with E-state index in [1.54, 1.807) is 37.3 Å². The van der Waals surface area contributed by atoms with Crippen LogP contribution in [0.3, 0.4) is 0 Å². The SMILES string of the molecule is CNc1cc(C(=O)N(C)Cc2nccn2C)cc(C)n1. The average molecular weight is 273 g/mol. The van der Waals surface area contributed by atoms with Crippen molar-refractivity contribution in [2.45, 2.75) is 13.5 Å². The molecule has 0 bridgehead atoms. The third kappa shape index (κ3) is 2.96. The van der Waals surface area contributed by atoms with Gasteiger partial charge in [-0.1, -0.05) is 0 Å². The quantitative estimate of drug-likeness (QED) is 0.915. The number of rotatable bonds is 4. The van der Waals surface area contributed by atoms with Crippen LogP contribution in [0.1, 0.15) is 21.9 Å². The molecule has 1 N–H and O–H groups in total. The predicted molar refractivity (Wildman–Crippen MR) is 77.5 cm³/mol. The number of imidazole rings is 1. The van der Waals surface area contributed by atoms with Gasteiger partial charge in [0, 0.05) is 44.8 Å². The summed E-state index contributed by atoms with van der Waals surface area (Å²) in [5.41, 5.74) is 1.43. The average Bonchev–Trinajstić information content (AvgIpc) is 2.82. The molecule has 0 spiro atoms. The van der Waals surface area contributed by atoms with Crippen molar-refractivity contribution in [1.82, 2.24) is 19.4 Å². The van der Waals surface area contributed by atoms with Crippen LogP contribution in [0.15, 0.2) is 24.5 Å². The molecule has 0 unspecified atom stereocenters. The highest BCUT2D eigenvalue weighted by molar-refractivity contribution is 5.94. The van der Waals surface area contributed by atoms with Gasteiger partial charge in [-0.3, -0.25) is 4.79 Å². The minimum absolute atomic E-state index is 0.0463. The molecule has 0 atom stereocenters. The predicted octanol–water partition coefficient (Wildman–Crippen LogP) is 1.44. The lowest BCUT2D eigenvalue weighted by molar-refractivity contribution is 0.0780. The molecule has 0 aliphatic heterocycles. The van der Waals surface area contributed by atoms with Crippen molar-refractivity contribution in [2.75, 3.05) is 19.4 Å². The maximum absolute atomic E-state index is 12.4. The van der Waals surface area contributed by atoms with Crippen LogP contribution in [0, 0.1) is 6.92 Å². The lowest BCUT2D eigenvalue weighted by Crippen LogP contribution is -2.27. The zero-order chi connectivity index (χ0) is 14.7. The number of nitrogens with one attached hydrogen (secondary N) is 1. The molecule has 2 heterocycles. The van der Waals surface area contributed by atoms with Gasteiger partial charge in [-0.2, -0.15) is 0 Å². The van der Waals surface area contributed by atoms with Gasteiger partial charge >= 0.3 is 0 Å². The highest BCUT2D eigenvalue weighted by atomic mass is 16.2. The summed E-state index contributed by atoms with van der Waals surface area (Å²) in [4.78, 5) is 22.6. The Hall–Kier alpha value is -2.37. The topological polar surface area (TPSA) is 63.1 Å². The summed E-state index contributed by atoms with van der Waals surface area (Å²) >= 11 is 0. The molecule has 0 radical (unpaired) electrons. The molecule has 2 aromatic heterocycles. The van der Waals surface area contributed by atoms with Gasteiger partial charge in [0.15, 0.2) is 0 Å². The van der Waals surface area contributed by atoms with Crippen molar-refractivity contribution in [3.05, 3.63) is 41.6 Å². The van der Waals surface area contributed by atoms with Crippen LogP contribution in [0.25, 0.3) is 0 Å². The first kappa shape index (κ1) is 14.0. The van der Waals surface area contributed by atoms with E-state index in [1.807, 2.05) is 24.7 Å². The molecule has 2 aromatic rings. The summed E-state index contributed by atoms with van der Waals surface area (Å²) < 4.78 is 1.90. The first-order valence-corrected chi connectivity index (χ1v) is 6.39. The Labute approximate surface area is 118 Å². The van der Waals surface area contributed by atoms with Gasteiger partial charge in [0.05, 0.1) is 6.54 Å². The van der Waals surface area contributed by atoms with E-state index in [9.17, 15) is 4.79 Å². The first-order valence-electron chi connectivity index (χ1n) is 6.39. The molecule has 6 heteroatoms. The molecular formula is C14H19N5O. The molecule has 20 heavy (non-hydrogen) atoms. The normalized spacial score (nSPS) is 10.4. The van der Waals surface area contributed by atoms with Gasteiger partial charge in [0.1, 0.15) is 11.6 Å². The molecular weight excluding hydrogens is 254 g/mol. The Bertz CT molecular complexity index is 620. The molecule has 2 rings (SSSR count). The Kier molecular flexibility index (Phi) is 4.02. The fourth-order valence-corrected chi connectivity index (χ4v) is 1.97. The van der Waals surface area contributed by atoms with Gasteiger partial charge in [0.2, 0.25) is 0 Å². The molecule has 0 saturated carbocycles. The maximum atomic E-state index is 12.4. The van der Waals surface area contributed by atoms with E-state index in [2.05, 4.69) is 15.3 Å². The van der Waals surface area contributed by atoms with Gasteiger partial charge in [-0.15, -0.1) is 0 Å². The van der Waals surface area contributed by atoms with Crippen molar-refractivity contribution in [3.8, 4) is 0 Å². The lowest BCUT2D eigenvalue weighted by Gasteiger charge is -2.17.